The molecule has 2 rings (SSSR count). The molecule has 0 saturated heterocycles. The quantitative estimate of drug-likeness (QED) is 0.842. The van der Waals surface area contributed by atoms with Crippen molar-refractivity contribution >= 4 is 23.3 Å². The lowest BCUT2D eigenvalue weighted by Crippen LogP contribution is -2.18. The maximum Gasteiger partial charge on any atom is 0.515 e. The zero-order valence-corrected chi connectivity index (χ0v) is 13.0. The molecule has 0 spiro atoms. The first kappa shape index (κ1) is 16.5. The molecule has 2 heterocycles. The molecule has 0 bridgehead atoms. The molecule has 0 radical (unpaired) electrons. The number of rotatable bonds is 4. The topological polar surface area (TPSA) is 126 Å². The minimum Gasteiger partial charge on any atom is -0.431 e. The predicted octanol–water partition coefficient (Wildman–Crippen LogP) is 2.20. The number of H-pyrrole nitrogens is 1. The lowest BCUT2D eigenvalue weighted by Gasteiger charge is -2.09. The summed E-state index contributed by atoms with van der Waals surface area (Å²) in [7, 11) is 0. The molecule has 0 atom stereocenters. The van der Waals surface area contributed by atoms with E-state index in [9.17, 15) is 9.59 Å². The number of ether oxygens (including phenoxy) is 4. The summed E-state index contributed by atoms with van der Waals surface area (Å²) < 4.78 is 19.6. The van der Waals surface area contributed by atoms with Crippen molar-refractivity contribution in [1.29, 1.82) is 0 Å². The minimum atomic E-state index is -0.938. The molecule has 0 unspecified atom stereocenters. The van der Waals surface area contributed by atoms with Gasteiger partial charge in [0.2, 0.25) is 0 Å². The Morgan fingerprint density at radius 2 is 1.48 bits per heavy atom. The van der Waals surface area contributed by atoms with Gasteiger partial charge in [-0.1, -0.05) is 0 Å². The molecule has 2 aromatic heterocycles. The average Bonchev–Trinajstić information content (AvgIpc) is 2.89. The van der Waals surface area contributed by atoms with E-state index in [1.807, 2.05) is 0 Å². The Morgan fingerprint density at radius 1 is 0.957 bits per heavy atom. The third kappa shape index (κ3) is 4.28. The van der Waals surface area contributed by atoms with Gasteiger partial charge >= 0.3 is 12.3 Å². The molecular formula is C13H16N4O6. The van der Waals surface area contributed by atoms with Crippen LogP contribution in [0.5, 0.6) is 11.8 Å². The van der Waals surface area contributed by atoms with Crippen LogP contribution in [-0.2, 0) is 9.47 Å². The largest absolute Gasteiger partial charge is 0.515 e. The van der Waals surface area contributed by atoms with Gasteiger partial charge in [0.15, 0.2) is 5.52 Å². The van der Waals surface area contributed by atoms with Crippen LogP contribution in [-0.4, -0.2) is 44.7 Å². The predicted molar refractivity (Wildman–Crippen MR) is 76.2 cm³/mol. The molecule has 2 aromatic rings. The summed E-state index contributed by atoms with van der Waals surface area (Å²) in [6, 6.07) is 0. The van der Waals surface area contributed by atoms with E-state index in [4.69, 9.17) is 18.9 Å². The second-order valence-electron chi connectivity index (χ2n) is 4.97. The van der Waals surface area contributed by atoms with Crippen LogP contribution in [0, 0.1) is 0 Å². The third-order valence-electron chi connectivity index (χ3n) is 2.31. The molecule has 10 heteroatoms. The molecule has 0 amide bonds. The van der Waals surface area contributed by atoms with E-state index < -0.39 is 12.3 Å². The van der Waals surface area contributed by atoms with Gasteiger partial charge in [0.25, 0.3) is 11.8 Å². The van der Waals surface area contributed by atoms with Crippen LogP contribution in [0.2, 0.25) is 0 Å². The summed E-state index contributed by atoms with van der Waals surface area (Å²) in [6.07, 6.45) is -1.25. The van der Waals surface area contributed by atoms with Gasteiger partial charge in [0.1, 0.15) is 5.52 Å². The first-order valence-electron chi connectivity index (χ1n) is 6.83. The zero-order chi connectivity index (χ0) is 17.0. The van der Waals surface area contributed by atoms with E-state index in [0.717, 1.165) is 0 Å². The first-order valence-corrected chi connectivity index (χ1v) is 6.83. The summed E-state index contributed by atoms with van der Waals surface area (Å²) >= 11 is 0. The van der Waals surface area contributed by atoms with Gasteiger partial charge in [0.05, 0.1) is 18.5 Å². The Morgan fingerprint density at radius 3 is 2.04 bits per heavy atom. The fourth-order valence-electron chi connectivity index (χ4n) is 1.54. The molecule has 0 aromatic carbocycles. The van der Waals surface area contributed by atoms with Crippen LogP contribution < -0.4 is 9.47 Å². The zero-order valence-electron chi connectivity index (χ0n) is 13.0. The molecule has 0 saturated carbocycles. The standard InChI is InChI=1S/C13H16N4O6/c1-6(2)20-12(18)22-10-8-9(15-5-14-8)11(17-16-10)23-13(19)21-7(3)4/h5-7H,1-4H3,(H,14,15). The van der Waals surface area contributed by atoms with E-state index in [1.54, 1.807) is 27.7 Å². The summed E-state index contributed by atoms with van der Waals surface area (Å²) in [5.74, 6) is -0.316. The number of nitrogens with zero attached hydrogens (tertiary/aromatic N) is 3. The van der Waals surface area contributed by atoms with Crippen LogP contribution >= 0.6 is 0 Å². The Kier molecular flexibility index (Phi) is 4.94. The molecule has 1 N–H and O–H groups in total. The van der Waals surface area contributed by atoms with Crippen molar-refractivity contribution in [2.45, 2.75) is 39.9 Å². The summed E-state index contributed by atoms with van der Waals surface area (Å²) in [5, 5.41) is 7.35. The van der Waals surface area contributed by atoms with E-state index in [-0.39, 0.29) is 35.0 Å². The highest BCUT2D eigenvalue weighted by Crippen LogP contribution is 2.26. The highest BCUT2D eigenvalue weighted by molar-refractivity contribution is 5.86. The smallest absolute Gasteiger partial charge is 0.431 e. The van der Waals surface area contributed by atoms with Crippen molar-refractivity contribution in [2.24, 2.45) is 0 Å². The number of aromatic amines is 1. The first-order chi connectivity index (χ1) is 10.9. The molecule has 10 nitrogen and oxygen atoms in total. The number of carbonyl (C=O) groups is 2. The second-order valence-corrected chi connectivity index (χ2v) is 4.97. The summed E-state index contributed by atoms with van der Waals surface area (Å²) in [4.78, 5) is 29.7. The lowest BCUT2D eigenvalue weighted by atomic mass is 10.4. The highest BCUT2D eigenvalue weighted by Gasteiger charge is 2.20. The average molecular weight is 324 g/mol. The van der Waals surface area contributed by atoms with Crippen molar-refractivity contribution in [3.63, 3.8) is 0 Å². The van der Waals surface area contributed by atoms with Gasteiger partial charge in [-0.25, -0.2) is 14.6 Å². The number of nitrogens with one attached hydrogen (secondary N) is 1. The molecule has 124 valence electrons. The number of aromatic nitrogens is 4. The van der Waals surface area contributed by atoms with Crippen LogP contribution in [0.15, 0.2) is 6.33 Å². The molecule has 0 fully saturated rings. The molecule has 0 aliphatic carbocycles. The second kappa shape index (κ2) is 6.90. The SMILES string of the molecule is CC(C)OC(=O)Oc1nnc(OC(=O)OC(C)C)c2[nH]cnc12. The molecule has 0 aliphatic rings. The maximum absolute atomic E-state index is 11.5. The number of imidazole rings is 1. The van der Waals surface area contributed by atoms with Crippen LogP contribution in [0.25, 0.3) is 11.0 Å². The fraction of sp³-hybridized carbons (Fsp3) is 0.462. The van der Waals surface area contributed by atoms with Crippen LogP contribution in [0.3, 0.4) is 0 Å². The van der Waals surface area contributed by atoms with Crippen molar-refractivity contribution < 1.29 is 28.5 Å². The van der Waals surface area contributed by atoms with Crippen LogP contribution in [0.4, 0.5) is 9.59 Å². The van der Waals surface area contributed by atoms with Crippen LogP contribution in [0.1, 0.15) is 27.7 Å². The summed E-state index contributed by atoms with van der Waals surface area (Å²) in [6.45, 7) is 6.70. The Balaban J connectivity index is 2.21. The van der Waals surface area contributed by atoms with E-state index in [2.05, 4.69) is 20.2 Å². The number of hydrogen-bond donors (Lipinski definition) is 1. The van der Waals surface area contributed by atoms with Gasteiger partial charge in [-0.3, -0.25) is 0 Å². The fourth-order valence-corrected chi connectivity index (χ4v) is 1.54. The molecule has 0 aliphatic heterocycles. The minimum absolute atomic E-state index is 0.146. The van der Waals surface area contributed by atoms with Crippen molar-refractivity contribution in [2.75, 3.05) is 0 Å². The number of hydrogen-bond acceptors (Lipinski definition) is 9. The van der Waals surface area contributed by atoms with E-state index in [0.29, 0.717) is 0 Å². The van der Waals surface area contributed by atoms with Crippen molar-refractivity contribution in [1.82, 2.24) is 20.2 Å². The van der Waals surface area contributed by atoms with E-state index in [1.165, 1.54) is 6.33 Å². The lowest BCUT2D eigenvalue weighted by molar-refractivity contribution is 0.0686. The Bertz CT molecular complexity index is 654. The van der Waals surface area contributed by atoms with Gasteiger partial charge in [0, 0.05) is 0 Å². The number of carbonyl (C=O) groups excluding carboxylic acids is 2. The summed E-state index contributed by atoms with van der Waals surface area (Å²) in [5.41, 5.74) is 0.390. The van der Waals surface area contributed by atoms with Gasteiger partial charge in [-0.15, -0.1) is 10.2 Å². The Hall–Kier alpha value is -2.91. The van der Waals surface area contributed by atoms with Crippen molar-refractivity contribution in [3.05, 3.63) is 6.33 Å². The van der Waals surface area contributed by atoms with Gasteiger partial charge in [-0.2, -0.15) is 0 Å². The monoisotopic (exact) mass is 324 g/mol. The molecule has 23 heavy (non-hydrogen) atoms. The van der Waals surface area contributed by atoms with E-state index >= 15 is 0 Å². The van der Waals surface area contributed by atoms with Gasteiger partial charge in [-0.05, 0) is 27.7 Å². The Labute approximate surface area is 131 Å². The maximum atomic E-state index is 11.5. The van der Waals surface area contributed by atoms with Gasteiger partial charge < -0.3 is 23.9 Å². The highest BCUT2D eigenvalue weighted by atomic mass is 16.7. The number of fused-ring (bicyclic) bond motifs is 1. The third-order valence-corrected chi connectivity index (χ3v) is 2.31. The van der Waals surface area contributed by atoms with Crippen molar-refractivity contribution in [3.8, 4) is 11.8 Å². The normalized spacial score (nSPS) is 10.9. The molecular weight excluding hydrogens is 308 g/mol.